The molecule has 0 aliphatic heterocycles. The molecule has 0 fully saturated rings. The van der Waals surface area contributed by atoms with Crippen LogP contribution in [0.5, 0.6) is 5.88 Å². The first-order valence-electron chi connectivity index (χ1n) is 7.06. The lowest BCUT2D eigenvalue weighted by atomic mass is 10.1. The summed E-state index contributed by atoms with van der Waals surface area (Å²) in [5.41, 5.74) is 2.24. The molecule has 3 aromatic heterocycles. The quantitative estimate of drug-likeness (QED) is 0.658. The molecule has 0 bridgehead atoms. The third-order valence-electron chi connectivity index (χ3n) is 3.29. The van der Waals surface area contributed by atoms with Crippen LogP contribution in [0.1, 0.15) is 5.69 Å². The summed E-state index contributed by atoms with van der Waals surface area (Å²) in [6, 6.07) is 4.43. The van der Waals surface area contributed by atoms with E-state index in [0.717, 1.165) is 6.07 Å². The monoisotopic (exact) mass is 356 g/mol. The van der Waals surface area contributed by atoms with Crippen molar-refractivity contribution >= 4 is 5.52 Å². The Labute approximate surface area is 139 Å². The second-order valence-electron chi connectivity index (χ2n) is 5.13. The molecule has 3 heterocycles. The number of rotatable bonds is 5. The van der Waals surface area contributed by atoms with Crippen LogP contribution in [0.15, 0.2) is 30.6 Å². The van der Waals surface area contributed by atoms with Crippen molar-refractivity contribution in [3.05, 3.63) is 42.1 Å². The van der Waals surface area contributed by atoms with Gasteiger partial charge < -0.3 is 9.47 Å². The first-order chi connectivity index (χ1) is 11.9. The van der Waals surface area contributed by atoms with Gasteiger partial charge in [-0.15, -0.1) is 5.10 Å². The highest BCUT2D eigenvalue weighted by Crippen LogP contribution is 2.26. The zero-order valence-corrected chi connectivity index (χ0v) is 12.9. The summed E-state index contributed by atoms with van der Waals surface area (Å²) < 4.78 is 61.3. The second kappa shape index (κ2) is 6.63. The van der Waals surface area contributed by atoms with E-state index < -0.39 is 24.5 Å². The summed E-state index contributed by atoms with van der Waals surface area (Å²) >= 11 is 0. The molecule has 0 saturated carbocycles. The lowest BCUT2D eigenvalue weighted by molar-refractivity contribution is -0.154. The van der Waals surface area contributed by atoms with Crippen molar-refractivity contribution in [1.29, 1.82) is 0 Å². The molecule has 0 unspecified atom stereocenters. The molecule has 0 saturated heterocycles. The van der Waals surface area contributed by atoms with Crippen LogP contribution in [0.25, 0.3) is 16.6 Å². The second-order valence-corrected chi connectivity index (χ2v) is 5.13. The molecule has 0 aliphatic carbocycles. The lowest BCUT2D eigenvalue weighted by Gasteiger charge is -2.10. The van der Waals surface area contributed by atoms with E-state index in [0.29, 0.717) is 22.3 Å². The van der Waals surface area contributed by atoms with Crippen LogP contribution in [0.2, 0.25) is 0 Å². The highest BCUT2D eigenvalue weighted by Gasteiger charge is 2.29. The van der Waals surface area contributed by atoms with Crippen molar-refractivity contribution < 1.29 is 27.0 Å². The van der Waals surface area contributed by atoms with Gasteiger partial charge in [0.05, 0.1) is 12.1 Å². The largest absolute Gasteiger partial charge is 0.466 e. The number of hydrogen-bond donors (Lipinski definition) is 0. The zero-order valence-electron chi connectivity index (χ0n) is 12.9. The van der Waals surface area contributed by atoms with Gasteiger partial charge in [-0.25, -0.2) is 13.9 Å². The minimum absolute atomic E-state index is 0.254. The van der Waals surface area contributed by atoms with Crippen LogP contribution in [0.4, 0.5) is 17.6 Å². The standard InChI is InChI=1S/C15H12F4N4O2/c1-24-7-12-13-5-9(2-3-23(13)22-21-12)10-4-11(16)14(20-6-10)25-8-15(17,18)19/h2-6H,7-8H2,1H3. The molecule has 0 radical (unpaired) electrons. The zero-order chi connectivity index (χ0) is 18.0. The SMILES string of the molecule is COCc1nnn2ccc(-c3cnc(OCC(F)(F)F)c(F)c3)cc12. The van der Waals surface area contributed by atoms with Gasteiger partial charge in [-0.1, -0.05) is 5.21 Å². The van der Waals surface area contributed by atoms with E-state index in [1.54, 1.807) is 18.3 Å². The molecule has 0 atom stereocenters. The van der Waals surface area contributed by atoms with E-state index in [1.165, 1.54) is 17.8 Å². The van der Waals surface area contributed by atoms with Crippen LogP contribution in [-0.2, 0) is 11.3 Å². The van der Waals surface area contributed by atoms with E-state index in [1.807, 2.05) is 0 Å². The van der Waals surface area contributed by atoms with Crippen LogP contribution >= 0.6 is 0 Å². The number of nitrogens with zero attached hydrogens (tertiary/aromatic N) is 4. The number of pyridine rings is 2. The molecule has 3 rings (SSSR count). The molecule has 25 heavy (non-hydrogen) atoms. The predicted octanol–water partition coefficient (Wildman–Crippen LogP) is 3.02. The molecular formula is C15H12F4N4O2. The number of alkyl halides is 3. The van der Waals surface area contributed by atoms with Gasteiger partial charge in [-0.3, -0.25) is 0 Å². The Kier molecular flexibility index (Phi) is 4.53. The van der Waals surface area contributed by atoms with E-state index in [4.69, 9.17) is 4.74 Å². The highest BCUT2D eigenvalue weighted by molar-refractivity contribution is 5.69. The Balaban J connectivity index is 1.90. The number of fused-ring (bicyclic) bond motifs is 1. The van der Waals surface area contributed by atoms with Gasteiger partial charge in [0, 0.05) is 25.1 Å². The van der Waals surface area contributed by atoms with Crippen LogP contribution < -0.4 is 4.74 Å². The topological polar surface area (TPSA) is 61.5 Å². The predicted molar refractivity (Wildman–Crippen MR) is 78.4 cm³/mol. The third-order valence-corrected chi connectivity index (χ3v) is 3.29. The molecule has 10 heteroatoms. The molecule has 0 amide bonds. The Bertz CT molecular complexity index is 895. The van der Waals surface area contributed by atoms with E-state index >= 15 is 0 Å². The summed E-state index contributed by atoms with van der Waals surface area (Å²) in [5, 5.41) is 7.89. The van der Waals surface area contributed by atoms with Crippen molar-refractivity contribution in [2.45, 2.75) is 12.8 Å². The van der Waals surface area contributed by atoms with Gasteiger partial charge in [0.1, 0.15) is 5.69 Å². The first kappa shape index (κ1) is 17.1. The average Bonchev–Trinajstić information content (AvgIpc) is 2.95. The Hall–Kier alpha value is -2.75. The van der Waals surface area contributed by atoms with Gasteiger partial charge in [-0.2, -0.15) is 13.2 Å². The Morgan fingerprint density at radius 3 is 2.68 bits per heavy atom. The summed E-state index contributed by atoms with van der Waals surface area (Å²) in [4.78, 5) is 3.62. The maximum Gasteiger partial charge on any atom is 0.422 e. The minimum Gasteiger partial charge on any atom is -0.466 e. The smallest absolute Gasteiger partial charge is 0.422 e. The Morgan fingerprint density at radius 2 is 2.00 bits per heavy atom. The lowest BCUT2D eigenvalue weighted by Crippen LogP contribution is -2.20. The van der Waals surface area contributed by atoms with E-state index in [2.05, 4.69) is 20.0 Å². The number of aromatic nitrogens is 4. The number of hydrogen-bond acceptors (Lipinski definition) is 5. The fourth-order valence-corrected chi connectivity index (χ4v) is 2.20. The number of halogens is 4. The molecule has 132 valence electrons. The van der Waals surface area contributed by atoms with Crippen LogP contribution in [0, 0.1) is 5.82 Å². The molecule has 3 aromatic rings. The van der Waals surface area contributed by atoms with Gasteiger partial charge in [0.2, 0.25) is 0 Å². The molecule has 0 spiro atoms. The van der Waals surface area contributed by atoms with E-state index in [-0.39, 0.29) is 6.61 Å². The number of ether oxygens (including phenoxy) is 2. The van der Waals surface area contributed by atoms with Gasteiger partial charge >= 0.3 is 6.18 Å². The normalized spacial score (nSPS) is 11.9. The summed E-state index contributed by atoms with van der Waals surface area (Å²) in [6.07, 6.45) is -1.70. The highest BCUT2D eigenvalue weighted by atomic mass is 19.4. The van der Waals surface area contributed by atoms with Crippen molar-refractivity contribution in [3.8, 4) is 17.0 Å². The van der Waals surface area contributed by atoms with Crippen molar-refractivity contribution in [1.82, 2.24) is 19.8 Å². The third kappa shape index (κ3) is 3.85. The van der Waals surface area contributed by atoms with Gasteiger partial charge in [0.25, 0.3) is 5.88 Å². The molecule has 6 nitrogen and oxygen atoms in total. The average molecular weight is 356 g/mol. The van der Waals surface area contributed by atoms with Crippen molar-refractivity contribution in [2.75, 3.05) is 13.7 Å². The van der Waals surface area contributed by atoms with Crippen LogP contribution in [-0.4, -0.2) is 39.7 Å². The molecule has 0 N–H and O–H groups in total. The summed E-state index contributed by atoms with van der Waals surface area (Å²) in [6.45, 7) is -1.35. The Morgan fingerprint density at radius 1 is 1.20 bits per heavy atom. The maximum absolute atomic E-state index is 14.0. The van der Waals surface area contributed by atoms with E-state index in [9.17, 15) is 17.6 Å². The first-order valence-corrected chi connectivity index (χ1v) is 7.06. The fourth-order valence-electron chi connectivity index (χ4n) is 2.20. The fraction of sp³-hybridized carbons (Fsp3) is 0.267. The molecule has 0 aliphatic rings. The minimum atomic E-state index is -4.56. The van der Waals surface area contributed by atoms with Gasteiger partial charge in [-0.05, 0) is 23.8 Å². The maximum atomic E-state index is 14.0. The van der Waals surface area contributed by atoms with Gasteiger partial charge in [0.15, 0.2) is 12.4 Å². The summed E-state index contributed by atoms with van der Waals surface area (Å²) in [7, 11) is 1.52. The summed E-state index contributed by atoms with van der Waals surface area (Å²) in [5.74, 6) is -1.68. The van der Waals surface area contributed by atoms with Crippen molar-refractivity contribution in [2.24, 2.45) is 0 Å². The molecule has 0 aromatic carbocycles. The molecular weight excluding hydrogens is 344 g/mol. The number of methoxy groups -OCH3 is 1. The van der Waals surface area contributed by atoms with Crippen LogP contribution in [0.3, 0.4) is 0 Å². The van der Waals surface area contributed by atoms with Crippen molar-refractivity contribution in [3.63, 3.8) is 0 Å².